The van der Waals surface area contributed by atoms with E-state index in [0.717, 1.165) is 11.1 Å². The van der Waals surface area contributed by atoms with Gasteiger partial charge in [-0.05, 0) is 30.7 Å². The van der Waals surface area contributed by atoms with Crippen LogP contribution in [0.25, 0.3) is 0 Å². The molecular formula is C19H19N3O3. The molecule has 6 nitrogen and oxygen atoms in total. The van der Waals surface area contributed by atoms with Gasteiger partial charge in [-0.2, -0.15) is 0 Å². The highest BCUT2D eigenvalue weighted by Gasteiger charge is 2.23. The Hall–Kier alpha value is -3.15. The number of ether oxygens (including phenoxy) is 1. The lowest BCUT2D eigenvalue weighted by molar-refractivity contribution is -0.120. The minimum atomic E-state index is -0.359. The summed E-state index contributed by atoms with van der Waals surface area (Å²) in [4.78, 5) is 28.8. The third-order valence-corrected chi connectivity index (χ3v) is 3.95. The van der Waals surface area contributed by atoms with E-state index in [0.29, 0.717) is 11.3 Å². The maximum absolute atomic E-state index is 12.4. The third-order valence-electron chi connectivity index (χ3n) is 3.95. The van der Waals surface area contributed by atoms with Crippen molar-refractivity contribution >= 4 is 17.8 Å². The van der Waals surface area contributed by atoms with Gasteiger partial charge in [0.15, 0.2) is 0 Å². The molecule has 0 radical (unpaired) electrons. The molecule has 0 aliphatic carbocycles. The van der Waals surface area contributed by atoms with Crippen LogP contribution in [-0.4, -0.2) is 24.9 Å². The van der Waals surface area contributed by atoms with Crippen LogP contribution in [0.1, 0.15) is 33.9 Å². The van der Waals surface area contributed by atoms with Crippen LogP contribution in [-0.2, 0) is 4.79 Å². The Morgan fingerprint density at radius 1 is 1.24 bits per heavy atom. The van der Waals surface area contributed by atoms with Crippen LogP contribution >= 0.6 is 0 Å². The van der Waals surface area contributed by atoms with Crippen LogP contribution in [0.3, 0.4) is 0 Å². The van der Waals surface area contributed by atoms with Gasteiger partial charge in [-0.3, -0.25) is 20.2 Å². The Bertz CT molecular complexity index is 828. The van der Waals surface area contributed by atoms with Gasteiger partial charge in [0.2, 0.25) is 11.9 Å². The summed E-state index contributed by atoms with van der Waals surface area (Å²) in [6, 6.07) is 14.3. The van der Waals surface area contributed by atoms with E-state index in [-0.39, 0.29) is 30.2 Å². The van der Waals surface area contributed by atoms with Gasteiger partial charge in [0.25, 0.3) is 5.91 Å². The molecule has 0 saturated carbocycles. The van der Waals surface area contributed by atoms with Crippen LogP contribution < -0.4 is 15.4 Å². The quantitative estimate of drug-likeness (QED) is 0.902. The lowest BCUT2D eigenvalue weighted by Crippen LogP contribution is -2.47. The smallest absolute Gasteiger partial charge is 0.258 e. The first-order chi connectivity index (χ1) is 12.0. The highest BCUT2D eigenvalue weighted by molar-refractivity contribution is 6.10. The zero-order valence-electron chi connectivity index (χ0n) is 14.1. The number of rotatable bonds is 3. The number of amides is 2. The molecule has 0 aromatic heterocycles. The summed E-state index contributed by atoms with van der Waals surface area (Å²) in [7, 11) is 1.54. The van der Waals surface area contributed by atoms with Crippen LogP contribution in [0.5, 0.6) is 5.75 Å². The highest BCUT2D eigenvalue weighted by Crippen LogP contribution is 2.23. The van der Waals surface area contributed by atoms with Crippen molar-refractivity contribution in [3.63, 3.8) is 0 Å². The summed E-state index contributed by atoms with van der Waals surface area (Å²) in [6.07, 6.45) is 0.252. The van der Waals surface area contributed by atoms with E-state index < -0.39 is 0 Å². The molecule has 2 amide bonds. The Morgan fingerprint density at radius 2 is 2.00 bits per heavy atom. The predicted molar refractivity (Wildman–Crippen MR) is 94.6 cm³/mol. The van der Waals surface area contributed by atoms with Gasteiger partial charge >= 0.3 is 0 Å². The summed E-state index contributed by atoms with van der Waals surface area (Å²) in [5.41, 5.74) is 2.50. The van der Waals surface area contributed by atoms with Gasteiger partial charge in [-0.1, -0.05) is 35.9 Å². The van der Waals surface area contributed by atoms with Crippen LogP contribution in [0.2, 0.25) is 0 Å². The van der Waals surface area contributed by atoms with Crippen molar-refractivity contribution in [2.75, 3.05) is 7.11 Å². The Kier molecular flexibility index (Phi) is 4.79. The molecule has 2 aromatic rings. The van der Waals surface area contributed by atoms with Gasteiger partial charge in [-0.25, -0.2) is 4.99 Å². The van der Waals surface area contributed by atoms with E-state index in [4.69, 9.17) is 4.74 Å². The number of nitrogens with one attached hydrogen (secondary N) is 2. The molecule has 1 aliphatic heterocycles. The van der Waals surface area contributed by atoms with Gasteiger partial charge in [-0.15, -0.1) is 0 Å². The molecule has 2 N–H and O–H groups in total. The fourth-order valence-electron chi connectivity index (χ4n) is 2.58. The molecule has 1 heterocycles. The van der Waals surface area contributed by atoms with Crippen LogP contribution in [0, 0.1) is 6.92 Å². The molecule has 2 aromatic carbocycles. The fourth-order valence-corrected chi connectivity index (χ4v) is 2.58. The zero-order chi connectivity index (χ0) is 17.8. The van der Waals surface area contributed by atoms with E-state index in [1.54, 1.807) is 24.3 Å². The van der Waals surface area contributed by atoms with E-state index in [1.165, 1.54) is 7.11 Å². The number of guanidine groups is 1. The SMILES string of the molecule is COc1cccc(C(=O)NC2=N[C@H](c3ccc(C)cc3)CC(=O)N2)c1. The standard InChI is InChI=1S/C19H19N3O3/c1-12-6-8-13(9-7-12)16-11-17(23)21-19(20-16)22-18(24)14-4-3-5-15(10-14)25-2/h3-10,16H,11H2,1-2H3,(H2,20,21,22,23,24)/t16-/m0/s1. The van der Waals surface area contributed by atoms with Crippen LogP contribution in [0.4, 0.5) is 0 Å². The molecule has 0 fully saturated rings. The first-order valence-electron chi connectivity index (χ1n) is 7.95. The lowest BCUT2D eigenvalue weighted by Gasteiger charge is -2.21. The number of methoxy groups -OCH3 is 1. The molecule has 0 saturated heterocycles. The fraction of sp³-hybridized carbons (Fsp3) is 0.211. The minimum Gasteiger partial charge on any atom is -0.497 e. The summed E-state index contributed by atoms with van der Waals surface area (Å²) in [5, 5.41) is 5.26. The summed E-state index contributed by atoms with van der Waals surface area (Å²) >= 11 is 0. The number of benzene rings is 2. The molecular weight excluding hydrogens is 318 g/mol. The second kappa shape index (κ2) is 7.17. The number of carbonyl (C=O) groups is 2. The normalized spacial score (nSPS) is 16.6. The molecule has 6 heteroatoms. The lowest BCUT2D eigenvalue weighted by atomic mass is 10.0. The zero-order valence-corrected chi connectivity index (χ0v) is 14.1. The van der Waals surface area contributed by atoms with Crippen molar-refractivity contribution < 1.29 is 14.3 Å². The summed E-state index contributed by atoms with van der Waals surface area (Å²) < 4.78 is 5.12. The maximum Gasteiger partial charge on any atom is 0.258 e. The number of aryl methyl sites for hydroxylation is 1. The highest BCUT2D eigenvalue weighted by atomic mass is 16.5. The number of aliphatic imine (C=N–C) groups is 1. The molecule has 0 bridgehead atoms. The van der Waals surface area contributed by atoms with Gasteiger partial charge in [0, 0.05) is 5.56 Å². The second-order valence-corrected chi connectivity index (χ2v) is 5.84. The Labute approximate surface area is 145 Å². The van der Waals surface area contributed by atoms with E-state index in [2.05, 4.69) is 15.6 Å². The summed E-state index contributed by atoms with van der Waals surface area (Å²) in [5.74, 6) is 0.207. The van der Waals surface area contributed by atoms with Crippen molar-refractivity contribution in [3.8, 4) is 5.75 Å². The van der Waals surface area contributed by atoms with Crippen molar-refractivity contribution in [3.05, 3.63) is 65.2 Å². The topological polar surface area (TPSA) is 79.8 Å². The monoisotopic (exact) mass is 337 g/mol. The Balaban J connectivity index is 1.79. The van der Waals surface area contributed by atoms with E-state index in [9.17, 15) is 9.59 Å². The molecule has 25 heavy (non-hydrogen) atoms. The average Bonchev–Trinajstić information content (AvgIpc) is 2.62. The molecule has 3 rings (SSSR count). The number of hydrogen-bond acceptors (Lipinski definition) is 4. The van der Waals surface area contributed by atoms with E-state index >= 15 is 0 Å². The molecule has 0 unspecified atom stereocenters. The first kappa shape index (κ1) is 16.7. The molecule has 1 aliphatic rings. The molecule has 1 atom stereocenters. The average molecular weight is 337 g/mol. The van der Waals surface area contributed by atoms with Crippen molar-refractivity contribution in [1.82, 2.24) is 10.6 Å². The molecule has 0 spiro atoms. The van der Waals surface area contributed by atoms with Gasteiger partial charge in [0.05, 0.1) is 19.6 Å². The van der Waals surface area contributed by atoms with Crippen LogP contribution in [0.15, 0.2) is 53.5 Å². The van der Waals surface area contributed by atoms with E-state index in [1.807, 2.05) is 31.2 Å². The van der Waals surface area contributed by atoms with Crippen molar-refractivity contribution in [1.29, 1.82) is 0 Å². The largest absolute Gasteiger partial charge is 0.497 e. The predicted octanol–water partition coefficient (Wildman–Crippen LogP) is 2.35. The second-order valence-electron chi connectivity index (χ2n) is 5.84. The number of carbonyl (C=O) groups excluding carboxylic acids is 2. The van der Waals surface area contributed by atoms with Gasteiger partial charge in [0.1, 0.15) is 5.75 Å². The molecule has 128 valence electrons. The summed E-state index contributed by atoms with van der Waals surface area (Å²) in [6.45, 7) is 2.00. The number of nitrogens with zero attached hydrogens (tertiary/aromatic N) is 1. The minimum absolute atomic E-state index is 0.162. The first-order valence-corrected chi connectivity index (χ1v) is 7.95. The van der Waals surface area contributed by atoms with Gasteiger partial charge < -0.3 is 4.74 Å². The van der Waals surface area contributed by atoms with Crippen molar-refractivity contribution in [2.45, 2.75) is 19.4 Å². The third kappa shape index (κ3) is 4.03. The van der Waals surface area contributed by atoms with Crippen molar-refractivity contribution in [2.24, 2.45) is 4.99 Å². The number of hydrogen-bond donors (Lipinski definition) is 2. The maximum atomic E-state index is 12.4. The Morgan fingerprint density at radius 3 is 2.72 bits per heavy atom.